The molecular formula is C29H30BrFN4O3. The zero-order valence-corrected chi connectivity index (χ0v) is 22.5. The number of aliphatic hydroxyl groups excluding tert-OH is 1. The van der Waals surface area contributed by atoms with Crippen molar-refractivity contribution >= 4 is 39.6 Å². The summed E-state index contributed by atoms with van der Waals surface area (Å²) in [5.74, 6) is -0.578. The number of anilines is 1. The number of nitrogens with zero attached hydrogens (tertiary/aromatic N) is 2. The second kappa shape index (κ2) is 13.4. The molecule has 2 amide bonds. The summed E-state index contributed by atoms with van der Waals surface area (Å²) in [5.41, 5.74) is 5.28. The number of hydrogen-bond donors (Lipinski definition) is 3. The molecule has 0 radical (unpaired) electrons. The molecule has 3 N–H and O–H groups in total. The zero-order chi connectivity index (χ0) is 26.9. The van der Waals surface area contributed by atoms with Gasteiger partial charge in [0.15, 0.2) is 0 Å². The summed E-state index contributed by atoms with van der Waals surface area (Å²) in [5, 5.41) is 15.9. The largest absolute Gasteiger partial charge is 0.396 e. The molecule has 0 spiro atoms. The first-order valence-corrected chi connectivity index (χ1v) is 13.3. The third kappa shape index (κ3) is 7.80. The number of benzene rings is 3. The summed E-state index contributed by atoms with van der Waals surface area (Å²) in [6, 6.07) is 18.2. The highest BCUT2D eigenvalue weighted by Crippen LogP contribution is 2.23. The summed E-state index contributed by atoms with van der Waals surface area (Å²) >= 11 is 3.37. The van der Waals surface area contributed by atoms with Crippen LogP contribution in [0.2, 0.25) is 0 Å². The van der Waals surface area contributed by atoms with Crippen molar-refractivity contribution in [2.45, 2.75) is 25.8 Å². The number of hydrogen-bond acceptors (Lipinski definition) is 5. The van der Waals surface area contributed by atoms with E-state index in [4.69, 9.17) is 5.11 Å². The fraction of sp³-hybridized carbons (Fsp3) is 0.276. The Morgan fingerprint density at radius 1 is 1.03 bits per heavy atom. The number of rotatable bonds is 9. The number of hydrazone groups is 1. The highest BCUT2D eigenvalue weighted by atomic mass is 79.9. The molecule has 1 saturated heterocycles. The Hall–Kier alpha value is -3.40. The normalized spacial score (nSPS) is 14.5. The monoisotopic (exact) mass is 580 g/mol. The van der Waals surface area contributed by atoms with E-state index in [9.17, 15) is 14.0 Å². The van der Waals surface area contributed by atoms with Gasteiger partial charge in [0.1, 0.15) is 5.82 Å². The van der Waals surface area contributed by atoms with E-state index in [1.165, 1.54) is 18.3 Å². The molecule has 3 aromatic rings. The second-order valence-electron chi connectivity index (χ2n) is 9.32. The van der Waals surface area contributed by atoms with Crippen molar-refractivity contribution in [2.75, 3.05) is 25.0 Å². The number of carbonyl (C=O) groups is 2. The van der Waals surface area contributed by atoms with E-state index < -0.39 is 5.91 Å². The fourth-order valence-electron chi connectivity index (χ4n) is 4.42. The molecule has 4 rings (SSSR count). The Balaban J connectivity index is 1.36. The van der Waals surface area contributed by atoms with Gasteiger partial charge < -0.3 is 10.4 Å². The third-order valence-electron chi connectivity index (χ3n) is 6.59. The van der Waals surface area contributed by atoms with E-state index in [-0.39, 0.29) is 23.9 Å². The Labute approximate surface area is 229 Å². The predicted molar refractivity (Wildman–Crippen MR) is 150 cm³/mol. The zero-order valence-electron chi connectivity index (χ0n) is 20.9. The molecule has 1 fully saturated rings. The minimum Gasteiger partial charge on any atom is -0.396 e. The van der Waals surface area contributed by atoms with Crippen LogP contribution in [0.4, 0.5) is 10.1 Å². The minimum absolute atomic E-state index is 0.241. The fourth-order valence-corrected chi connectivity index (χ4v) is 4.78. The van der Waals surface area contributed by atoms with Gasteiger partial charge in [-0.3, -0.25) is 14.5 Å². The lowest BCUT2D eigenvalue weighted by Crippen LogP contribution is -2.33. The van der Waals surface area contributed by atoms with Crippen LogP contribution >= 0.6 is 15.9 Å². The Morgan fingerprint density at radius 3 is 2.42 bits per heavy atom. The van der Waals surface area contributed by atoms with Crippen LogP contribution in [0.3, 0.4) is 0 Å². The topological polar surface area (TPSA) is 94.0 Å². The lowest BCUT2D eigenvalue weighted by molar-refractivity contribution is 0.0956. The van der Waals surface area contributed by atoms with Crippen molar-refractivity contribution in [2.24, 2.45) is 11.0 Å². The third-order valence-corrected chi connectivity index (χ3v) is 7.08. The molecule has 0 saturated carbocycles. The van der Waals surface area contributed by atoms with Crippen molar-refractivity contribution in [1.82, 2.24) is 10.3 Å². The summed E-state index contributed by atoms with van der Waals surface area (Å²) in [6.45, 7) is 3.10. The van der Waals surface area contributed by atoms with Crippen molar-refractivity contribution in [3.8, 4) is 0 Å². The summed E-state index contributed by atoms with van der Waals surface area (Å²) in [4.78, 5) is 28.1. The molecule has 1 aliphatic rings. The highest BCUT2D eigenvalue weighted by molar-refractivity contribution is 9.10. The van der Waals surface area contributed by atoms with E-state index in [0.717, 1.165) is 44.5 Å². The van der Waals surface area contributed by atoms with Gasteiger partial charge in [-0.25, -0.2) is 9.82 Å². The number of aliphatic hydroxyl groups is 1. The second-order valence-corrected chi connectivity index (χ2v) is 10.2. The van der Waals surface area contributed by atoms with Crippen LogP contribution in [0, 0.1) is 11.7 Å². The molecule has 7 nitrogen and oxygen atoms in total. The average Bonchev–Trinajstić information content (AvgIpc) is 2.92. The number of likely N-dealkylation sites (tertiary alicyclic amines) is 1. The van der Waals surface area contributed by atoms with Crippen LogP contribution in [-0.2, 0) is 6.54 Å². The standard InChI is InChI=1S/C29H30BrFN4O3/c30-24-7-10-27(26(17-24)29(38)34-32-18-21-3-8-25(31)9-4-21)33-28(37)23-5-1-22(2-6-23)19-35-14-11-20(12-15-35)13-16-36/h1-10,17-18,20,36H,11-16,19H2,(H,33,37)(H,34,38)/b32-18+. The molecule has 38 heavy (non-hydrogen) atoms. The molecule has 1 heterocycles. The van der Waals surface area contributed by atoms with Crippen LogP contribution in [0.25, 0.3) is 0 Å². The lowest BCUT2D eigenvalue weighted by atomic mass is 9.93. The van der Waals surface area contributed by atoms with Crippen LogP contribution in [-0.4, -0.2) is 47.7 Å². The SMILES string of the molecule is O=C(Nc1ccc(Br)cc1C(=O)N/N=C/c1ccc(F)cc1)c1ccc(CN2CCC(CCO)CC2)cc1. The molecule has 3 aromatic carbocycles. The van der Waals surface area contributed by atoms with Crippen LogP contribution in [0.15, 0.2) is 76.3 Å². The average molecular weight is 581 g/mol. The van der Waals surface area contributed by atoms with Gasteiger partial charge in [0, 0.05) is 23.2 Å². The summed E-state index contributed by atoms with van der Waals surface area (Å²) < 4.78 is 13.7. The maximum absolute atomic E-state index is 13.1. The smallest absolute Gasteiger partial charge is 0.273 e. The van der Waals surface area contributed by atoms with E-state index in [0.29, 0.717) is 27.2 Å². The molecular weight excluding hydrogens is 551 g/mol. The first-order chi connectivity index (χ1) is 18.4. The van der Waals surface area contributed by atoms with Gasteiger partial charge in [-0.15, -0.1) is 0 Å². The van der Waals surface area contributed by atoms with Crippen LogP contribution in [0.5, 0.6) is 0 Å². The maximum atomic E-state index is 13.1. The van der Waals surface area contributed by atoms with Crippen molar-refractivity contribution in [1.29, 1.82) is 0 Å². The van der Waals surface area contributed by atoms with Crippen LogP contribution in [0.1, 0.15) is 51.1 Å². The number of halogens is 2. The Bertz CT molecular complexity index is 1270. The number of amides is 2. The van der Waals surface area contributed by atoms with Gasteiger partial charge in [-0.05, 0) is 91.9 Å². The molecule has 0 aromatic heterocycles. The van der Waals surface area contributed by atoms with Gasteiger partial charge in [-0.2, -0.15) is 5.10 Å². The first kappa shape index (κ1) is 27.6. The Kier molecular flexibility index (Phi) is 9.75. The van der Waals surface area contributed by atoms with E-state index in [1.807, 2.05) is 12.1 Å². The molecule has 9 heteroatoms. The predicted octanol–water partition coefficient (Wildman–Crippen LogP) is 5.20. The molecule has 0 unspecified atom stereocenters. The van der Waals surface area contributed by atoms with E-state index in [1.54, 1.807) is 42.5 Å². The van der Waals surface area contributed by atoms with Crippen molar-refractivity contribution in [3.63, 3.8) is 0 Å². The molecule has 0 aliphatic carbocycles. The molecule has 1 aliphatic heterocycles. The highest BCUT2D eigenvalue weighted by Gasteiger charge is 2.19. The van der Waals surface area contributed by atoms with Gasteiger partial charge in [0.2, 0.25) is 0 Å². The summed E-state index contributed by atoms with van der Waals surface area (Å²) in [7, 11) is 0. The van der Waals surface area contributed by atoms with Gasteiger partial charge in [0.25, 0.3) is 11.8 Å². The number of piperidine rings is 1. The Morgan fingerprint density at radius 2 is 1.74 bits per heavy atom. The number of carbonyl (C=O) groups excluding carboxylic acids is 2. The molecule has 0 atom stereocenters. The first-order valence-electron chi connectivity index (χ1n) is 12.5. The number of nitrogens with one attached hydrogen (secondary N) is 2. The van der Waals surface area contributed by atoms with Crippen molar-refractivity contribution < 1.29 is 19.1 Å². The van der Waals surface area contributed by atoms with Crippen molar-refractivity contribution in [3.05, 3.63) is 99.3 Å². The maximum Gasteiger partial charge on any atom is 0.273 e. The van der Waals surface area contributed by atoms with E-state index >= 15 is 0 Å². The quantitative estimate of drug-likeness (QED) is 0.239. The lowest BCUT2D eigenvalue weighted by Gasteiger charge is -2.31. The molecule has 0 bridgehead atoms. The van der Waals surface area contributed by atoms with Gasteiger partial charge in [0.05, 0.1) is 17.5 Å². The van der Waals surface area contributed by atoms with Gasteiger partial charge >= 0.3 is 0 Å². The van der Waals surface area contributed by atoms with Gasteiger partial charge in [-0.1, -0.05) is 40.2 Å². The van der Waals surface area contributed by atoms with Crippen LogP contribution < -0.4 is 10.7 Å². The summed E-state index contributed by atoms with van der Waals surface area (Å²) in [6.07, 6.45) is 4.48. The minimum atomic E-state index is -0.502. The van der Waals surface area contributed by atoms with E-state index in [2.05, 4.69) is 36.7 Å². The molecule has 198 valence electrons.